The van der Waals surface area contributed by atoms with Gasteiger partial charge in [0.2, 0.25) is 0 Å². The molecule has 0 radical (unpaired) electrons. The van der Waals surface area contributed by atoms with Crippen molar-refractivity contribution in [2.24, 2.45) is 0 Å². The summed E-state index contributed by atoms with van der Waals surface area (Å²) in [6.45, 7) is 9.17. The lowest BCUT2D eigenvalue weighted by molar-refractivity contribution is 0.0948. The second kappa shape index (κ2) is 11.3. The van der Waals surface area contributed by atoms with Crippen LogP contribution in [0, 0.1) is 0 Å². The quantitative estimate of drug-likeness (QED) is 0.516. The zero-order chi connectivity index (χ0) is 23.1. The van der Waals surface area contributed by atoms with Crippen LogP contribution in [-0.4, -0.2) is 69.9 Å². The number of hydrogen-bond donors (Lipinski definition) is 2. The summed E-state index contributed by atoms with van der Waals surface area (Å²) in [6, 6.07) is 10.5. The molecule has 0 aromatic heterocycles. The minimum atomic E-state index is -3.91. The highest BCUT2D eigenvalue weighted by atomic mass is 35.5. The molecule has 1 saturated heterocycles. The summed E-state index contributed by atoms with van der Waals surface area (Å²) >= 11 is 11.9. The van der Waals surface area contributed by atoms with E-state index in [2.05, 4.69) is 26.8 Å². The van der Waals surface area contributed by atoms with Crippen LogP contribution in [0.3, 0.4) is 0 Å². The maximum Gasteiger partial charge on any atom is 0.263 e. The van der Waals surface area contributed by atoms with Gasteiger partial charge in [-0.25, -0.2) is 8.42 Å². The van der Waals surface area contributed by atoms with Crippen LogP contribution in [0.15, 0.2) is 47.4 Å². The molecule has 7 nitrogen and oxygen atoms in total. The summed E-state index contributed by atoms with van der Waals surface area (Å²) in [5, 5.41) is 3.26. The Kier molecular flexibility index (Phi) is 8.79. The number of nitrogens with one attached hydrogen (secondary N) is 2. The second-order valence-electron chi connectivity index (χ2n) is 7.64. The summed E-state index contributed by atoms with van der Waals surface area (Å²) < 4.78 is 27.6. The third-order valence-corrected chi connectivity index (χ3v) is 7.53. The first-order valence-electron chi connectivity index (χ1n) is 10.6. The predicted molar refractivity (Wildman–Crippen MR) is 129 cm³/mol. The molecule has 0 spiro atoms. The van der Waals surface area contributed by atoms with Crippen molar-refractivity contribution >= 4 is 44.8 Å². The van der Waals surface area contributed by atoms with E-state index in [4.69, 9.17) is 23.2 Å². The van der Waals surface area contributed by atoms with Crippen LogP contribution >= 0.6 is 23.2 Å². The van der Waals surface area contributed by atoms with Gasteiger partial charge in [-0.2, -0.15) is 0 Å². The maximum atomic E-state index is 12.6. The zero-order valence-electron chi connectivity index (χ0n) is 18.0. The lowest BCUT2D eigenvalue weighted by Gasteiger charge is -2.33. The van der Waals surface area contributed by atoms with Gasteiger partial charge in [-0.3, -0.25) is 9.52 Å². The van der Waals surface area contributed by atoms with Gasteiger partial charge in [0.1, 0.15) is 4.90 Å². The minimum absolute atomic E-state index is 0.0742. The van der Waals surface area contributed by atoms with Crippen molar-refractivity contribution in [2.75, 3.05) is 50.5 Å². The molecule has 2 aromatic carbocycles. The summed E-state index contributed by atoms with van der Waals surface area (Å²) in [4.78, 5) is 17.1. The number of carbonyl (C=O) groups excluding carboxylic acids is 1. The van der Waals surface area contributed by atoms with Crippen molar-refractivity contribution < 1.29 is 13.2 Å². The molecule has 3 rings (SSSR count). The highest BCUT2D eigenvalue weighted by Crippen LogP contribution is 2.27. The fourth-order valence-electron chi connectivity index (χ4n) is 3.52. The van der Waals surface area contributed by atoms with Crippen molar-refractivity contribution in [3.05, 3.63) is 58.1 Å². The summed E-state index contributed by atoms with van der Waals surface area (Å²) in [7, 11) is -3.91. The van der Waals surface area contributed by atoms with Gasteiger partial charge in [-0.15, -0.1) is 0 Å². The molecule has 32 heavy (non-hydrogen) atoms. The first kappa shape index (κ1) is 24.8. The Balaban J connectivity index is 1.47. The predicted octanol–water partition coefficient (Wildman–Crippen LogP) is 3.55. The van der Waals surface area contributed by atoms with E-state index < -0.39 is 10.0 Å². The molecule has 10 heteroatoms. The number of amides is 1. The Morgan fingerprint density at radius 1 is 1.00 bits per heavy atom. The van der Waals surface area contributed by atoms with E-state index in [0.717, 1.165) is 45.7 Å². The van der Waals surface area contributed by atoms with Gasteiger partial charge >= 0.3 is 0 Å². The van der Waals surface area contributed by atoms with E-state index in [1.165, 1.54) is 30.3 Å². The van der Waals surface area contributed by atoms with E-state index in [1.807, 2.05) is 0 Å². The van der Waals surface area contributed by atoms with Gasteiger partial charge in [-0.05, 0) is 62.0 Å². The number of rotatable bonds is 9. The molecule has 174 valence electrons. The Hall–Kier alpha value is -1.84. The van der Waals surface area contributed by atoms with Crippen LogP contribution in [0.1, 0.15) is 23.7 Å². The molecule has 1 aliphatic heterocycles. The molecule has 0 aliphatic carbocycles. The van der Waals surface area contributed by atoms with Crippen molar-refractivity contribution in [3.8, 4) is 0 Å². The highest BCUT2D eigenvalue weighted by Gasteiger charge is 2.19. The molecule has 1 heterocycles. The van der Waals surface area contributed by atoms with Gasteiger partial charge in [0.05, 0.1) is 5.02 Å². The fourth-order valence-corrected chi connectivity index (χ4v) is 5.34. The first-order valence-corrected chi connectivity index (χ1v) is 12.8. The number of benzene rings is 2. The molecule has 1 fully saturated rings. The molecule has 0 bridgehead atoms. The van der Waals surface area contributed by atoms with Crippen LogP contribution in [-0.2, 0) is 10.0 Å². The topological polar surface area (TPSA) is 81.8 Å². The Labute approximate surface area is 199 Å². The molecule has 0 unspecified atom stereocenters. The second-order valence-corrected chi connectivity index (χ2v) is 10.1. The van der Waals surface area contributed by atoms with E-state index >= 15 is 0 Å². The summed E-state index contributed by atoms with van der Waals surface area (Å²) in [5.41, 5.74) is 0.786. The third kappa shape index (κ3) is 6.83. The summed E-state index contributed by atoms with van der Waals surface area (Å²) in [6.07, 6.45) is 0.885. The Morgan fingerprint density at radius 3 is 2.31 bits per heavy atom. The molecule has 2 aromatic rings. The Morgan fingerprint density at radius 2 is 1.66 bits per heavy atom. The normalized spacial score (nSPS) is 15.5. The number of nitrogens with zero attached hydrogens (tertiary/aromatic N) is 2. The molecule has 0 saturated carbocycles. The number of likely N-dealkylation sites (N-methyl/N-ethyl adjacent to an activating group) is 1. The number of carbonyl (C=O) groups is 1. The molecular weight excluding hydrogens is 471 g/mol. The molecule has 0 atom stereocenters. The Bertz CT molecular complexity index is 1020. The van der Waals surface area contributed by atoms with Gasteiger partial charge in [0.15, 0.2) is 0 Å². The molecule has 1 amide bonds. The average molecular weight is 499 g/mol. The van der Waals surface area contributed by atoms with Crippen LogP contribution in [0.5, 0.6) is 0 Å². The van der Waals surface area contributed by atoms with E-state index in [-0.39, 0.29) is 20.8 Å². The van der Waals surface area contributed by atoms with E-state index in [0.29, 0.717) is 17.8 Å². The standard InChI is InChI=1S/C22H28Cl2N4O3S/c1-2-27-12-14-28(15-13-27)11-3-10-25-22(29)17-4-7-19(8-5-17)26-32(30,31)21-16-18(23)6-9-20(21)24/h4-9,16,26H,2-3,10-15H2,1H3,(H,25,29). The number of anilines is 1. The largest absolute Gasteiger partial charge is 0.352 e. The highest BCUT2D eigenvalue weighted by molar-refractivity contribution is 7.92. The van der Waals surface area contributed by atoms with Crippen LogP contribution in [0.25, 0.3) is 0 Å². The zero-order valence-corrected chi connectivity index (χ0v) is 20.3. The number of sulfonamides is 1. The van der Waals surface area contributed by atoms with Crippen molar-refractivity contribution in [1.29, 1.82) is 0 Å². The number of halogens is 2. The lowest BCUT2D eigenvalue weighted by Crippen LogP contribution is -2.46. The number of hydrogen-bond acceptors (Lipinski definition) is 5. The van der Waals surface area contributed by atoms with E-state index in [9.17, 15) is 13.2 Å². The average Bonchev–Trinajstić information content (AvgIpc) is 2.78. The van der Waals surface area contributed by atoms with Crippen LogP contribution in [0.2, 0.25) is 10.0 Å². The maximum absolute atomic E-state index is 12.6. The van der Waals surface area contributed by atoms with Crippen molar-refractivity contribution in [2.45, 2.75) is 18.2 Å². The van der Waals surface area contributed by atoms with Crippen LogP contribution < -0.4 is 10.0 Å². The van der Waals surface area contributed by atoms with Crippen molar-refractivity contribution in [1.82, 2.24) is 15.1 Å². The SMILES string of the molecule is CCN1CCN(CCCNC(=O)c2ccc(NS(=O)(=O)c3cc(Cl)ccc3Cl)cc2)CC1. The van der Waals surface area contributed by atoms with Gasteiger partial charge in [-0.1, -0.05) is 30.1 Å². The van der Waals surface area contributed by atoms with E-state index in [1.54, 1.807) is 12.1 Å². The first-order chi connectivity index (χ1) is 15.3. The minimum Gasteiger partial charge on any atom is -0.352 e. The fraction of sp³-hybridized carbons (Fsp3) is 0.409. The van der Waals surface area contributed by atoms with Gasteiger partial charge in [0.25, 0.3) is 15.9 Å². The monoisotopic (exact) mass is 498 g/mol. The molecule has 1 aliphatic rings. The molecule has 2 N–H and O–H groups in total. The van der Waals surface area contributed by atoms with Crippen molar-refractivity contribution in [3.63, 3.8) is 0 Å². The third-order valence-electron chi connectivity index (χ3n) is 5.43. The smallest absolute Gasteiger partial charge is 0.263 e. The van der Waals surface area contributed by atoms with Gasteiger partial charge in [0, 0.05) is 49.0 Å². The number of piperazine rings is 1. The van der Waals surface area contributed by atoms with Crippen LogP contribution in [0.4, 0.5) is 5.69 Å². The molecular formula is C22H28Cl2N4O3S. The lowest BCUT2D eigenvalue weighted by atomic mass is 10.2. The summed E-state index contributed by atoms with van der Waals surface area (Å²) in [5.74, 6) is -0.187. The van der Waals surface area contributed by atoms with Gasteiger partial charge < -0.3 is 15.1 Å².